The largest absolute Gasteiger partial charge is 0.454 e. The van der Waals surface area contributed by atoms with Crippen LogP contribution in [0.4, 0.5) is 23.0 Å². The van der Waals surface area contributed by atoms with Gasteiger partial charge in [0.1, 0.15) is 12.0 Å². The zero-order valence-corrected chi connectivity index (χ0v) is 14.0. The number of ether oxygens (including phenoxy) is 2. The van der Waals surface area contributed by atoms with Crippen molar-refractivity contribution in [1.29, 1.82) is 0 Å². The molecule has 10 heteroatoms. The van der Waals surface area contributed by atoms with Crippen LogP contribution in [0.2, 0.25) is 0 Å². The first-order valence-electron chi connectivity index (χ1n) is 7.94. The van der Waals surface area contributed by atoms with Crippen LogP contribution in [0.25, 0.3) is 0 Å². The number of hydrazine groups is 1. The number of fused-ring (bicyclic) bond motifs is 1. The van der Waals surface area contributed by atoms with Crippen LogP contribution in [0, 0.1) is 0 Å². The van der Waals surface area contributed by atoms with Crippen LogP contribution in [-0.2, 0) is 0 Å². The van der Waals surface area contributed by atoms with E-state index in [2.05, 4.69) is 31.1 Å². The molecular formula is C17H15N7O3. The van der Waals surface area contributed by atoms with Crippen molar-refractivity contribution in [3.63, 3.8) is 0 Å². The summed E-state index contributed by atoms with van der Waals surface area (Å²) in [5.74, 6) is 1.57. The second-order valence-electron chi connectivity index (χ2n) is 5.50. The Morgan fingerprint density at radius 2 is 1.96 bits per heavy atom. The highest BCUT2D eigenvalue weighted by atomic mass is 16.7. The Morgan fingerprint density at radius 3 is 2.81 bits per heavy atom. The van der Waals surface area contributed by atoms with Gasteiger partial charge in [-0.1, -0.05) is 0 Å². The molecular weight excluding hydrogens is 350 g/mol. The predicted octanol–water partition coefficient (Wildman–Crippen LogP) is 1.68. The highest BCUT2D eigenvalue weighted by Crippen LogP contribution is 2.35. The van der Waals surface area contributed by atoms with Crippen molar-refractivity contribution < 1.29 is 14.3 Å². The van der Waals surface area contributed by atoms with E-state index in [0.717, 1.165) is 5.69 Å². The third-order valence-corrected chi connectivity index (χ3v) is 3.74. The van der Waals surface area contributed by atoms with Gasteiger partial charge in [0.05, 0.1) is 5.56 Å². The van der Waals surface area contributed by atoms with E-state index in [1.54, 1.807) is 30.5 Å². The number of hydrogen-bond donors (Lipinski definition) is 4. The number of nitrogens with two attached hydrogens (primary N) is 1. The average molecular weight is 365 g/mol. The third-order valence-electron chi connectivity index (χ3n) is 3.74. The van der Waals surface area contributed by atoms with E-state index in [0.29, 0.717) is 22.9 Å². The first-order valence-corrected chi connectivity index (χ1v) is 7.94. The van der Waals surface area contributed by atoms with Crippen LogP contribution < -0.4 is 31.4 Å². The summed E-state index contributed by atoms with van der Waals surface area (Å²) in [6.45, 7) is 0.194. The van der Waals surface area contributed by atoms with Crippen LogP contribution >= 0.6 is 0 Å². The Morgan fingerprint density at radius 1 is 1.11 bits per heavy atom. The number of aromatic nitrogens is 3. The van der Waals surface area contributed by atoms with Gasteiger partial charge in [-0.3, -0.25) is 20.6 Å². The molecule has 1 amide bonds. The van der Waals surface area contributed by atoms with E-state index >= 15 is 0 Å². The Kier molecular flexibility index (Phi) is 4.27. The molecule has 27 heavy (non-hydrogen) atoms. The monoisotopic (exact) mass is 365 g/mol. The van der Waals surface area contributed by atoms with Gasteiger partial charge in [0.25, 0.3) is 5.91 Å². The van der Waals surface area contributed by atoms with Gasteiger partial charge in [0, 0.05) is 24.1 Å². The molecule has 0 saturated carbocycles. The van der Waals surface area contributed by atoms with E-state index in [4.69, 9.17) is 15.2 Å². The minimum atomic E-state index is -0.369. The van der Waals surface area contributed by atoms with E-state index in [1.165, 1.54) is 12.5 Å². The van der Waals surface area contributed by atoms with Crippen LogP contribution in [0.1, 0.15) is 10.4 Å². The number of nitrogens with one attached hydrogen (secondary N) is 3. The number of pyridine rings is 1. The van der Waals surface area contributed by atoms with Crippen molar-refractivity contribution in [3.05, 3.63) is 54.6 Å². The lowest BCUT2D eigenvalue weighted by molar-refractivity contribution is 0.0962. The molecule has 4 rings (SSSR count). The maximum atomic E-state index is 12.1. The molecule has 0 bridgehead atoms. The van der Waals surface area contributed by atoms with Gasteiger partial charge in [0.15, 0.2) is 23.1 Å². The zero-order chi connectivity index (χ0) is 18.6. The number of amides is 1. The minimum absolute atomic E-state index is 0.194. The van der Waals surface area contributed by atoms with Gasteiger partial charge in [-0.05, 0) is 24.3 Å². The number of anilines is 4. The molecule has 0 spiro atoms. The fourth-order valence-corrected chi connectivity index (χ4v) is 2.39. The van der Waals surface area contributed by atoms with Crippen molar-refractivity contribution >= 4 is 28.9 Å². The lowest BCUT2D eigenvalue weighted by atomic mass is 10.2. The van der Waals surface area contributed by atoms with E-state index < -0.39 is 0 Å². The molecule has 0 fully saturated rings. The first-order chi connectivity index (χ1) is 13.2. The Hall–Kier alpha value is -4.08. The molecule has 10 nitrogen and oxygen atoms in total. The van der Waals surface area contributed by atoms with Crippen LogP contribution in [0.15, 0.2) is 49.1 Å². The topological polar surface area (TPSA) is 136 Å². The van der Waals surface area contributed by atoms with Crippen LogP contribution in [0.3, 0.4) is 0 Å². The average Bonchev–Trinajstić information content (AvgIpc) is 3.17. The SMILES string of the molecule is Nc1c(NNC(=O)c2cccnc2)ncnc1Nc1ccc2c(c1)OCO2. The van der Waals surface area contributed by atoms with Gasteiger partial charge in [-0.15, -0.1) is 0 Å². The van der Waals surface area contributed by atoms with Gasteiger partial charge < -0.3 is 20.5 Å². The summed E-state index contributed by atoms with van der Waals surface area (Å²) in [6.07, 6.45) is 4.36. The standard InChI is InChI=1S/C17H15N7O3/c18-14-15(22-11-3-4-12-13(6-11)27-9-26-12)20-8-21-16(14)23-24-17(25)10-2-1-5-19-7-10/h1-8H,9,18H2,(H,24,25)(H2,20,21,22,23). The summed E-state index contributed by atoms with van der Waals surface area (Å²) in [5.41, 5.74) is 12.7. The van der Waals surface area contributed by atoms with Gasteiger partial charge in [-0.25, -0.2) is 9.97 Å². The zero-order valence-electron chi connectivity index (χ0n) is 14.0. The number of carbonyl (C=O) groups is 1. The summed E-state index contributed by atoms with van der Waals surface area (Å²) in [7, 11) is 0. The molecule has 0 aliphatic carbocycles. The van der Waals surface area contributed by atoms with E-state index in [9.17, 15) is 4.79 Å². The molecule has 0 atom stereocenters. The molecule has 0 saturated heterocycles. The quantitative estimate of drug-likeness (QED) is 0.498. The van der Waals surface area contributed by atoms with Crippen molar-refractivity contribution in [2.24, 2.45) is 0 Å². The normalized spacial score (nSPS) is 11.7. The third kappa shape index (κ3) is 3.49. The molecule has 136 valence electrons. The first kappa shape index (κ1) is 16.4. The van der Waals surface area contributed by atoms with Crippen LogP contribution in [0.5, 0.6) is 11.5 Å². The lowest BCUT2D eigenvalue weighted by Crippen LogP contribution is -2.30. The van der Waals surface area contributed by atoms with Crippen LogP contribution in [-0.4, -0.2) is 27.7 Å². The number of nitrogen functional groups attached to an aromatic ring is 1. The number of nitrogens with zero attached hydrogens (tertiary/aromatic N) is 3. The van der Waals surface area contributed by atoms with Gasteiger partial charge in [0.2, 0.25) is 6.79 Å². The summed E-state index contributed by atoms with van der Waals surface area (Å²) in [4.78, 5) is 24.1. The summed E-state index contributed by atoms with van der Waals surface area (Å²) >= 11 is 0. The van der Waals surface area contributed by atoms with Crippen molar-refractivity contribution in [3.8, 4) is 11.5 Å². The number of carbonyl (C=O) groups excluding carboxylic acids is 1. The number of hydrogen-bond acceptors (Lipinski definition) is 9. The second kappa shape index (κ2) is 7.04. The molecule has 3 heterocycles. The maximum absolute atomic E-state index is 12.1. The fraction of sp³-hybridized carbons (Fsp3) is 0.0588. The molecule has 5 N–H and O–H groups in total. The lowest BCUT2D eigenvalue weighted by Gasteiger charge is -2.13. The minimum Gasteiger partial charge on any atom is -0.454 e. The molecule has 2 aromatic heterocycles. The molecule has 1 aliphatic rings. The predicted molar refractivity (Wildman–Crippen MR) is 97.6 cm³/mol. The highest BCUT2D eigenvalue weighted by molar-refractivity contribution is 5.94. The summed E-state index contributed by atoms with van der Waals surface area (Å²) in [5, 5.41) is 3.09. The highest BCUT2D eigenvalue weighted by Gasteiger charge is 2.15. The van der Waals surface area contributed by atoms with Gasteiger partial charge in [-0.2, -0.15) is 0 Å². The fourth-order valence-electron chi connectivity index (χ4n) is 2.39. The Bertz CT molecular complexity index is 982. The molecule has 1 aromatic carbocycles. The smallest absolute Gasteiger partial charge is 0.271 e. The molecule has 0 radical (unpaired) electrons. The summed E-state index contributed by atoms with van der Waals surface area (Å²) < 4.78 is 10.6. The van der Waals surface area contributed by atoms with Gasteiger partial charge >= 0.3 is 0 Å². The van der Waals surface area contributed by atoms with Crippen molar-refractivity contribution in [1.82, 2.24) is 20.4 Å². The summed E-state index contributed by atoms with van der Waals surface area (Å²) in [6, 6.07) is 8.68. The molecule has 0 unspecified atom stereocenters. The number of benzene rings is 1. The van der Waals surface area contributed by atoms with Crippen molar-refractivity contribution in [2.45, 2.75) is 0 Å². The maximum Gasteiger partial charge on any atom is 0.271 e. The number of rotatable bonds is 5. The Balaban J connectivity index is 1.47. The van der Waals surface area contributed by atoms with E-state index in [-0.39, 0.29) is 24.2 Å². The Labute approximate surface area is 153 Å². The molecule has 3 aromatic rings. The second-order valence-corrected chi connectivity index (χ2v) is 5.50. The van der Waals surface area contributed by atoms with Crippen molar-refractivity contribution in [2.75, 3.05) is 23.3 Å². The molecule has 1 aliphatic heterocycles. The van der Waals surface area contributed by atoms with E-state index in [1.807, 2.05) is 6.07 Å².